The number of carbonyl (C=O) groups excluding carboxylic acids is 1. The maximum atomic E-state index is 12.7. The first-order valence-corrected chi connectivity index (χ1v) is 8.44. The molecule has 2 aliphatic rings. The molecule has 0 fully saturated rings. The third-order valence-electron chi connectivity index (χ3n) is 4.71. The maximum Gasteiger partial charge on any atom is 0.416 e. The maximum absolute atomic E-state index is 12.7. The van der Waals surface area contributed by atoms with Crippen molar-refractivity contribution < 1.29 is 18.0 Å². The normalized spacial score (nSPS) is 22.6. The lowest BCUT2D eigenvalue weighted by Crippen LogP contribution is -2.41. The highest BCUT2D eigenvalue weighted by Crippen LogP contribution is 2.32. The number of alkyl halides is 3. The van der Waals surface area contributed by atoms with Crippen LogP contribution in [-0.4, -0.2) is 36.6 Å². The summed E-state index contributed by atoms with van der Waals surface area (Å²) in [5.74, 6) is 0.344. The Morgan fingerprint density at radius 3 is 2.73 bits per heavy atom. The van der Waals surface area contributed by atoms with Crippen molar-refractivity contribution in [3.63, 3.8) is 0 Å². The van der Waals surface area contributed by atoms with Gasteiger partial charge in [-0.05, 0) is 49.4 Å². The number of isocyanates is 1. The minimum absolute atomic E-state index is 0.133. The molecule has 2 atom stereocenters. The van der Waals surface area contributed by atoms with E-state index in [0.29, 0.717) is 24.8 Å². The van der Waals surface area contributed by atoms with E-state index in [9.17, 15) is 18.0 Å². The van der Waals surface area contributed by atoms with Crippen LogP contribution in [0.4, 0.5) is 18.9 Å². The minimum atomic E-state index is -4.34. The van der Waals surface area contributed by atoms with Crippen molar-refractivity contribution >= 4 is 18.1 Å². The van der Waals surface area contributed by atoms with Gasteiger partial charge in [-0.3, -0.25) is 0 Å². The van der Waals surface area contributed by atoms with E-state index in [1.807, 2.05) is 0 Å². The molecule has 3 rings (SSSR count). The topological polar surface area (TPSA) is 48.3 Å². The summed E-state index contributed by atoms with van der Waals surface area (Å²) in [5, 5.41) is 5.99. The van der Waals surface area contributed by atoms with E-state index in [0.717, 1.165) is 31.4 Å². The van der Waals surface area contributed by atoms with E-state index in [1.54, 1.807) is 17.4 Å². The van der Waals surface area contributed by atoms with Crippen molar-refractivity contribution in [1.29, 1.82) is 0 Å². The molecular weight excluding hydrogens is 345 g/mol. The standard InChI is InChI=1S/C18H19F3N4O/c19-18(20,21)15-5-7-16(8-6-15)25-13-24(11-23-25)17-4-2-1-3-14(17)9-10-22-12-26/h2,4-8,11,14,17H,1,3,9-10,13H2. The number of halogens is 3. The molecule has 0 saturated carbocycles. The molecule has 0 spiro atoms. The van der Waals surface area contributed by atoms with Gasteiger partial charge in [0.05, 0.1) is 23.8 Å². The Kier molecular flexibility index (Phi) is 5.42. The quantitative estimate of drug-likeness (QED) is 0.454. The number of hydrogen-bond donors (Lipinski definition) is 0. The van der Waals surface area contributed by atoms with Crippen LogP contribution < -0.4 is 5.01 Å². The van der Waals surface area contributed by atoms with E-state index >= 15 is 0 Å². The zero-order chi connectivity index (χ0) is 18.6. The van der Waals surface area contributed by atoms with Gasteiger partial charge in [0.25, 0.3) is 0 Å². The molecule has 1 aliphatic carbocycles. The average molecular weight is 364 g/mol. The van der Waals surface area contributed by atoms with Gasteiger partial charge < -0.3 is 4.90 Å². The molecule has 1 aliphatic heterocycles. The van der Waals surface area contributed by atoms with E-state index in [-0.39, 0.29) is 6.04 Å². The molecule has 1 aromatic rings. The zero-order valence-corrected chi connectivity index (χ0v) is 14.1. The van der Waals surface area contributed by atoms with Gasteiger partial charge in [0.1, 0.15) is 13.0 Å². The average Bonchev–Trinajstić information content (AvgIpc) is 3.12. The smallest absolute Gasteiger partial charge is 0.335 e. The summed E-state index contributed by atoms with van der Waals surface area (Å²) in [6.07, 6.45) is 5.96. The van der Waals surface area contributed by atoms with Crippen LogP contribution in [-0.2, 0) is 11.0 Å². The van der Waals surface area contributed by atoms with Crippen molar-refractivity contribution in [3.05, 3.63) is 42.0 Å². The van der Waals surface area contributed by atoms with E-state index < -0.39 is 11.7 Å². The summed E-state index contributed by atoms with van der Waals surface area (Å²) >= 11 is 0. The van der Waals surface area contributed by atoms with Crippen LogP contribution in [0.1, 0.15) is 24.8 Å². The number of aliphatic imine (C=N–C) groups is 1. The first kappa shape index (κ1) is 18.2. The molecule has 2 unspecified atom stereocenters. The number of allylic oxidation sites excluding steroid dienone is 1. The molecule has 8 heteroatoms. The van der Waals surface area contributed by atoms with Gasteiger partial charge in [-0.2, -0.15) is 18.3 Å². The zero-order valence-electron chi connectivity index (χ0n) is 14.1. The fourth-order valence-corrected chi connectivity index (χ4v) is 3.34. The number of hydrogen-bond acceptors (Lipinski definition) is 5. The van der Waals surface area contributed by atoms with Crippen molar-refractivity contribution in [2.45, 2.75) is 31.5 Å². The van der Waals surface area contributed by atoms with Crippen LogP contribution in [0.25, 0.3) is 0 Å². The van der Waals surface area contributed by atoms with Gasteiger partial charge in [0.15, 0.2) is 0 Å². The van der Waals surface area contributed by atoms with Crippen molar-refractivity contribution in [1.82, 2.24) is 4.90 Å². The van der Waals surface area contributed by atoms with Gasteiger partial charge in [0, 0.05) is 0 Å². The summed E-state index contributed by atoms with van der Waals surface area (Å²) in [6, 6.07) is 5.12. The Labute approximate surface area is 149 Å². The number of rotatable bonds is 5. The van der Waals surface area contributed by atoms with Gasteiger partial charge >= 0.3 is 6.18 Å². The van der Waals surface area contributed by atoms with Crippen molar-refractivity contribution in [2.24, 2.45) is 16.0 Å². The lowest BCUT2D eigenvalue weighted by molar-refractivity contribution is -0.137. The molecule has 0 aromatic heterocycles. The molecule has 5 nitrogen and oxygen atoms in total. The summed E-state index contributed by atoms with van der Waals surface area (Å²) in [6.45, 7) is 0.917. The van der Waals surface area contributed by atoms with E-state index in [4.69, 9.17) is 0 Å². The Balaban J connectivity index is 1.65. The lowest BCUT2D eigenvalue weighted by Gasteiger charge is -2.34. The molecule has 0 bridgehead atoms. The molecule has 0 radical (unpaired) electrons. The highest BCUT2D eigenvalue weighted by atomic mass is 19.4. The van der Waals surface area contributed by atoms with Crippen molar-refractivity contribution in [3.8, 4) is 0 Å². The Morgan fingerprint density at radius 2 is 2.04 bits per heavy atom. The second-order valence-corrected chi connectivity index (χ2v) is 6.35. The highest BCUT2D eigenvalue weighted by molar-refractivity contribution is 5.64. The third-order valence-corrected chi connectivity index (χ3v) is 4.71. The predicted molar refractivity (Wildman–Crippen MR) is 92.4 cm³/mol. The molecule has 0 amide bonds. The van der Waals surface area contributed by atoms with Crippen LogP contribution in [0.2, 0.25) is 0 Å². The Hall–Kier alpha value is -2.60. The van der Waals surface area contributed by atoms with Crippen LogP contribution in [0, 0.1) is 5.92 Å². The number of anilines is 1. The highest BCUT2D eigenvalue weighted by Gasteiger charge is 2.31. The SMILES string of the molecule is O=C=NCCC1CCC=CC1N1C=NN(c2ccc(C(F)(F)F)cc2)C1. The lowest BCUT2D eigenvalue weighted by atomic mass is 9.86. The molecule has 1 heterocycles. The Bertz CT molecular complexity index is 723. The number of nitrogens with zero attached hydrogens (tertiary/aromatic N) is 4. The van der Waals surface area contributed by atoms with Crippen molar-refractivity contribution in [2.75, 3.05) is 18.2 Å². The number of hydrazone groups is 1. The van der Waals surface area contributed by atoms with Gasteiger partial charge in [-0.15, -0.1) is 0 Å². The molecule has 0 N–H and O–H groups in total. The summed E-state index contributed by atoms with van der Waals surface area (Å²) in [5.41, 5.74) is -0.0639. The molecule has 1 aromatic carbocycles. The van der Waals surface area contributed by atoms with Gasteiger partial charge in [-0.25, -0.2) is 14.8 Å². The molecule has 0 saturated heterocycles. The second kappa shape index (κ2) is 7.74. The fraction of sp³-hybridized carbons (Fsp3) is 0.444. The van der Waals surface area contributed by atoms with Crippen LogP contribution in [0.3, 0.4) is 0 Å². The van der Waals surface area contributed by atoms with E-state index in [2.05, 4.69) is 27.1 Å². The second-order valence-electron chi connectivity index (χ2n) is 6.35. The van der Waals surface area contributed by atoms with Crippen LogP contribution in [0.5, 0.6) is 0 Å². The Morgan fingerprint density at radius 1 is 1.27 bits per heavy atom. The monoisotopic (exact) mass is 364 g/mol. The summed E-state index contributed by atoms with van der Waals surface area (Å²) in [7, 11) is 0. The predicted octanol–water partition coefficient (Wildman–Crippen LogP) is 3.79. The molecule has 138 valence electrons. The van der Waals surface area contributed by atoms with Gasteiger partial charge in [0.2, 0.25) is 6.08 Å². The largest absolute Gasteiger partial charge is 0.416 e. The molecular formula is C18H19F3N4O. The van der Waals surface area contributed by atoms with Crippen LogP contribution in [0.15, 0.2) is 46.5 Å². The number of benzene rings is 1. The molecule has 26 heavy (non-hydrogen) atoms. The first-order valence-electron chi connectivity index (χ1n) is 8.44. The third kappa shape index (κ3) is 4.14. The summed E-state index contributed by atoms with van der Waals surface area (Å²) in [4.78, 5) is 15.9. The minimum Gasteiger partial charge on any atom is -0.335 e. The summed E-state index contributed by atoms with van der Waals surface area (Å²) < 4.78 is 38.0. The van der Waals surface area contributed by atoms with Crippen LogP contribution >= 0.6 is 0 Å². The van der Waals surface area contributed by atoms with Gasteiger partial charge in [-0.1, -0.05) is 12.2 Å². The first-order chi connectivity index (χ1) is 12.5. The fourth-order valence-electron chi connectivity index (χ4n) is 3.34. The van der Waals surface area contributed by atoms with E-state index in [1.165, 1.54) is 12.1 Å².